The van der Waals surface area contributed by atoms with Gasteiger partial charge in [-0.2, -0.15) is 0 Å². The van der Waals surface area contributed by atoms with E-state index >= 15 is 0 Å². The molecule has 1 rings (SSSR count). The number of rotatable bonds is 6. The first kappa shape index (κ1) is 19.7. The summed E-state index contributed by atoms with van der Waals surface area (Å²) in [5, 5.41) is 2.57. The Morgan fingerprint density at radius 2 is 1.96 bits per heavy atom. The molecule has 0 saturated heterocycles. The average molecular weight is 341 g/mol. The van der Waals surface area contributed by atoms with Gasteiger partial charge in [0.1, 0.15) is 5.60 Å². The second-order valence-corrected chi connectivity index (χ2v) is 6.10. The summed E-state index contributed by atoms with van der Waals surface area (Å²) in [6, 6.07) is 3.43. The van der Waals surface area contributed by atoms with Gasteiger partial charge in [0.2, 0.25) is 0 Å². The van der Waals surface area contributed by atoms with Gasteiger partial charge in [-0.05, 0) is 45.4 Å². The van der Waals surface area contributed by atoms with Gasteiger partial charge in [-0.15, -0.1) is 0 Å². The highest BCUT2D eigenvalue weighted by Crippen LogP contribution is 2.24. The van der Waals surface area contributed by atoms with Gasteiger partial charge >= 0.3 is 12.1 Å². The Bertz CT molecular complexity index is 583. The number of carbonyl (C=O) groups is 2. The summed E-state index contributed by atoms with van der Waals surface area (Å²) in [5.74, 6) is -1.02. The molecule has 0 fully saturated rings. The highest BCUT2D eigenvalue weighted by molar-refractivity contribution is 5.73. The second-order valence-electron chi connectivity index (χ2n) is 6.10. The largest absolute Gasteiger partial charge is 0.494 e. The molecule has 6 nitrogen and oxygen atoms in total. The summed E-state index contributed by atoms with van der Waals surface area (Å²) in [6.45, 7) is 7.07. The number of carbonyl (C=O) groups excluding carboxylic acids is 2. The highest BCUT2D eigenvalue weighted by Gasteiger charge is 2.24. The number of alkyl carbamates (subject to hydrolysis) is 1. The Morgan fingerprint density at radius 3 is 2.46 bits per heavy atom. The van der Waals surface area contributed by atoms with Crippen LogP contribution in [0.25, 0.3) is 0 Å². The maximum atomic E-state index is 13.9. The fraction of sp³-hybridized carbons (Fsp3) is 0.529. The number of ether oxygens (including phenoxy) is 3. The minimum Gasteiger partial charge on any atom is -0.494 e. The molecule has 0 heterocycles. The van der Waals surface area contributed by atoms with E-state index < -0.39 is 29.5 Å². The molecule has 7 heteroatoms. The van der Waals surface area contributed by atoms with E-state index in [-0.39, 0.29) is 18.8 Å². The smallest absolute Gasteiger partial charge is 0.408 e. The van der Waals surface area contributed by atoms with Crippen LogP contribution in [0, 0.1) is 5.82 Å². The zero-order valence-corrected chi connectivity index (χ0v) is 14.6. The molecule has 1 aromatic rings. The van der Waals surface area contributed by atoms with Gasteiger partial charge in [-0.3, -0.25) is 4.79 Å². The molecule has 1 N–H and O–H groups in total. The number of hydrogen-bond acceptors (Lipinski definition) is 5. The Morgan fingerprint density at radius 1 is 1.29 bits per heavy atom. The van der Waals surface area contributed by atoms with Crippen molar-refractivity contribution < 1.29 is 28.2 Å². The van der Waals surface area contributed by atoms with E-state index in [1.165, 1.54) is 19.2 Å². The molecule has 24 heavy (non-hydrogen) atoms. The van der Waals surface area contributed by atoms with Crippen LogP contribution in [-0.2, 0) is 14.3 Å². The number of halogens is 1. The summed E-state index contributed by atoms with van der Waals surface area (Å²) < 4.78 is 28.9. The number of esters is 1. The summed E-state index contributed by atoms with van der Waals surface area (Å²) in [5.41, 5.74) is -0.281. The average Bonchev–Trinajstić information content (AvgIpc) is 2.44. The van der Waals surface area contributed by atoms with Crippen LogP contribution < -0.4 is 10.1 Å². The fourth-order valence-corrected chi connectivity index (χ4v) is 1.99. The molecule has 1 unspecified atom stereocenters. The molecule has 1 aromatic carbocycles. The molecule has 1 atom stereocenters. The monoisotopic (exact) mass is 341 g/mol. The Labute approximate surface area is 141 Å². The SMILES string of the molecule is CCOC(=O)CC(NC(=O)OC(C)(C)C)c1ccc(OC)c(F)c1. The highest BCUT2D eigenvalue weighted by atomic mass is 19.1. The lowest BCUT2D eigenvalue weighted by atomic mass is 10.0. The molecule has 0 bridgehead atoms. The van der Waals surface area contributed by atoms with Crippen LogP contribution >= 0.6 is 0 Å². The second kappa shape index (κ2) is 8.52. The van der Waals surface area contributed by atoms with Crippen LogP contribution in [-0.4, -0.2) is 31.4 Å². The third-order valence-electron chi connectivity index (χ3n) is 2.95. The van der Waals surface area contributed by atoms with E-state index in [4.69, 9.17) is 14.2 Å². The number of hydrogen-bond donors (Lipinski definition) is 1. The molecule has 0 saturated carbocycles. The van der Waals surface area contributed by atoms with E-state index in [1.807, 2.05) is 0 Å². The molecule has 0 radical (unpaired) electrons. The first-order valence-corrected chi connectivity index (χ1v) is 7.64. The van der Waals surface area contributed by atoms with Crippen molar-refractivity contribution in [1.82, 2.24) is 5.32 Å². The van der Waals surface area contributed by atoms with Crippen molar-refractivity contribution in [2.75, 3.05) is 13.7 Å². The van der Waals surface area contributed by atoms with Gasteiger partial charge in [-0.1, -0.05) is 6.07 Å². The number of amides is 1. The van der Waals surface area contributed by atoms with Crippen molar-refractivity contribution >= 4 is 12.1 Å². The molecule has 0 aliphatic heterocycles. The van der Waals surface area contributed by atoms with Gasteiger partial charge in [0.15, 0.2) is 11.6 Å². The van der Waals surface area contributed by atoms with Crippen molar-refractivity contribution in [3.8, 4) is 5.75 Å². The molecule has 0 spiro atoms. The van der Waals surface area contributed by atoms with E-state index in [1.54, 1.807) is 33.8 Å². The van der Waals surface area contributed by atoms with E-state index in [2.05, 4.69) is 5.32 Å². The predicted molar refractivity (Wildman–Crippen MR) is 86.3 cm³/mol. The molecular formula is C17H24FNO5. The third-order valence-corrected chi connectivity index (χ3v) is 2.95. The number of nitrogens with one attached hydrogen (secondary N) is 1. The van der Waals surface area contributed by atoms with Gasteiger partial charge in [0, 0.05) is 0 Å². The zero-order chi connectivity index (χ0) is 18.3. The lowest BCUT2D eigenvalue weighted by Gasteiger charge is -2.23. The first-order valence-electron chi connectivity index (χ1n) is 7.64. The van der Waals surface area contributed by atoms with E-state index in [0.717, 1.165) is 0 Å². The number of benzene rings is 1. The van der Waals surface area contributed by atoms with E-state index in [9.17, 15) is 14.0 Å². The Hall–Kier alpha value is -2.31. The molecule has 0 aromatic heterocycles. The van der Waals surface area contributed by atoms with Crippen LogP contribution in [0.5, 0.6) is 5.75 Å². The van der Waals surface area contributed by atoms with Crippen LogP contribution in [0.1, 0.15) is 45.7 Å². The summed E-state index contributed by atoms with van der Waals surface area (Å²) in [6.07, 6.45) is -0.841. The standard InChI is InChI=1S/C17H24FNO5/c1-6-23-15(20)10-13(19-16(21)24-17(2,3)4)11-7-8-14(22-5)12(18)9-11/h7-9,13H,6,10H2,1-5H3,(H,19,21). The molecule has 0 aliphatic carbocycles. The van der Waals surface area contributed by atoms with Crippen LogP contribution in [0.3, 0.4) is 0 Å². The minimum atomic E-state index is -0.778. The maximum absolute atomic E-state index is 13.9. The minimum absolute atomic E-state index is 0.0749. The van der Waals surface area contributed by atoms with Crippen LogP contribution in [0.4, 0.5) is 9.18 Å². The first-order chi connectivity index (χ1) is 11.2. The maximum Gasteiger partial charge on any atom is 0.408 e. The Balaban J connectivity index is 2.98. The lowest BCUT2D eigenvalue weighted by Crippen LogP contribution is -2.36. The quantitative estimate of drug-likeness (QED) is 0.803. The summed E-state index contributed by atoms with van der Waals surface area (Å²) >= 11 is 0. The number of methoxy groups -OCH3 is 1. The Kier molecular flexibility index (Phi) is 7.00. The summed E-state index contributed by atoms with van der Waals surface area (Å²) in [7, 11) is 1.35. The topological polar surface area (TPSA) is 73.9 Å². The van der Waals surface area contributed by atoms with Crippen LogP contribution in [0.2, 0.25) is 0 Å². The molecule has 0 aliphatic rings. The molecule has 1 amide bonds. The van der Waals surface area contributed by atoms with Crippen LogP contribution in [0.15, 0.2) is 18.2 Å². The van der Waals surface area contributed by atoms with Gasteiger partial charge in [0.25, 0.3) is 0 Å². The molecular weight excluding hydrogens is 317 g/mol. The molecule has 134 valence electrons. The normalized spacial score (nSPS) is 12.2. The fourth-order valence-electron chi connectivity index (χ4n) is 1.99. The summed E-state index contributed by atoms with van der Waals surface area (Å²) in [4.78, 5) is 23.8. The van der Waals surface area contributed by atoms with Gasteiger partial charge in [0.05, 0.1) is 26.2 Å². The van der Waals surface area contributed by atoms with E-state index in [0.29, 0.717) is 5.56 Å². The van der Waals surface area contributed by atoms with Crippen molar-refractivity contribution in [2.45, 2.75) is 45.8 Å². The third kappa shape index (κ3) is 6.44. The van der Waals surface area contributed by atoms with Crippen molar-refractivity contribution in [3.05, 3.63) is 29.6 Å². The predicted octanol–water partition coefficient (Wildman–Crippen LogP) is 3.35. The van der Waals surface area contributed by atoms with Gasteiger partial charge in [-0.25, -0.2) is 9.18 Å². The van der Waals surface area contributed by atoms with Crippen molar-refractivity contribution in [3.63, 3.8) is 0 Å². The van der Waals surface area contributed by atoms with Crippen molar-refractivity contribution in [1.29, 1.82) is 0 Å². The van der Waals surface area contributed by atoms with Gasteiger partial charge < -0.3 is 19.5 Å². The van der Waals surface area contributed by atoms with Crippen molar-refractivity contribution in [2.24, 2.45) is 0 Å². The zero-order valence-electron chi connectivity index (χ0n) is 14.6. The lowest BCUT2D eigenvalue weighted by molar-refractivity contribution is -0.143.